The Kier molecular flexibility index (Phi) is 5.42. The fraction of sp³-hybridized carbons (Fsp3) is 0.154. The minimum Gasteiger partial charge on any atom is -0.493 e. The van der Waals surface area contributed by atoms with E-state index in [1.54, 1.807) is 26.4 Å². The van der Waals surface area contributed by atoms with Gasteiger partial charge in [-0.15, -0.1) is 0 Å². The molecule has 4 heteroatoms. The third-order valence-electron chi connectivity index (χ3n) is 5.48. The summed E-state index contributed by atoms with van der Waals surface area (Å²) < 4.78 is 24.8. The minimum atomic E-state index is -0.272. The van der Waals surface area contributed by atoms with Crippen molar-refractivity contribution in [3.8, 4) is 22.6 Å². The predicted octanol–water partition coefficient (Wildman–Crippen LogP) is 5.50. The molecule has 0 saturated carbocycles. The summed E-state index contributed by atoms with van der Waals surface area (Å²) >= 11 is 0. The van der Waals surface area contributed by atoms with Gasteiger partial charge in [0.05, 0.1) is 14.2 Å². The fourth-order valence-electron chi connectivity index (χ4n) is 3.72. The van der Waals surface area contributed by atoms with Gasteiger partial charge in [0.15, 0.2) is 11.5 Å². The summed E-state index contributed by atoms with van der Waals surface area (Å²) in [5.41, 5.74) is 11.5. The van der Waals surface area contributed by atoms with E-state index in [-0.39, 0.29) is 11.7 Å². The highest BCUT2D eigenvalue weighted by molar-refractivity contribution is 5.92. The zero-order chi connectivity index (χ0) is 21.3. The number of hydrogen-bond acceptors (Lipinski definition) is 2. The Hall–Kier alpha value is -3.37. The second-order valence-electron chi connectivity index (χ2n) is 7.45. The van der Waals surface area contributed by atoms with Gasteiger partial charge in [-0.3, -0.25) is 0 Å². The first kappa shape index (κ1) is 19.9. The molecule has 4 rings (SSSR count). The lowest BCUT2D eigenvalue weighted by Gasteiger charge is -2.17. The lowest BCUT2D eigenvalue weighted by atomic mass is 9.92. The molecule has 0 saturated heterocycles. The topological polar surface area (TPSA) is 46.1 Å². The molecule has 3 N–H and O–H groups in total. The highest BCUT2D eigenvalue weighted by Crippen LogP contribution is 2.47. The average molecular weight is 402 g/mol. The summed E-state index contributed by atoms with van der Waals surface area (Å²) in [6.45, 7) is 2.14. The van der Waals surface area contributed by atoms with E-state index < -0.39 is 0 Å². The van der Waals surface area contributed by atoms with Gasteiger partial charge < -0.3 is 15.2 Å². The summed E-state index contributed by atoms with van der Waals surface area (Å²) in [5, 5.41) is 0. The number of hydrogen-bond donors (Lipinski definition) is 1. The smallest absolute Gasteiger partial charge is 0.168 e. The van der Waals surface area contributed by atoms with Crippen molar-refractivity contribution in [1.82, 2.24) is 0 Å². The Labute approximate surface area is 176 Å². The molecule has 0 unspecified atom stereocenters. The molecule has 3 nitrogen and oxygen atoms in total. The summed E-state index contributed by atoms with van der Waals surface area (Å²) in [5.74, 6) is 1.28. The number of ether oxygens (including phenoxy) is 2. The van der Waals surface area contributed by atoms with Gasteiger partial charge in [-0.1, -0.05) is 35.9 Å². The molecule has 1 aliphatic rings. The lowest BCUT2D eigenvalue weighted by Crippen LogP contribution is -2.40. The van der Waals surface area contributed by atoms with Crippen molar-refractivity contribution in [2.45, 2.75) is 6.92 Å². The summed E-state index contributed by atoms with van der Waals surface area (Å²) in [6, 6.07) is 18.6. The minimum absolute atomic E-state index is 0.272. The second-order valence-corrected chi connectivity index (χ2v) is 7.45. The molecule has 0 amide bonds. The van der Waals surface area contributed by atoms with Gasteiger partial charge in [0, 0.05) is 17.0 Å². The first-order valence-corrected chi connectivity index (χ1v) is 9.85. The quantitative estimate of drug-likeness (QED) is 0.437. The zero-order valence-electron chi connectivity index (χ0n) is 17.4. The molecular weight excluding hydrogens is 377 g/mol. The Morgan fingerprint density at radius 3 is 2.30 bits per heavy atom. The normalized spacial score (nSPS) is 15.6. The highest BCUT2D eigenvalue weighted by Gasteiger charge is 2.27. The van der Waals surface area contributed by atoms with Crippen molar-refractivity contribution < 1.29 is 19.6 Å². The highest BCUT2D eigenvalue weighted by atomic mass is 19.1. The van der Waals surface area contributed by atoms with E-state index in [0.717, 1.165) is 27.9 Å². The first-order chi connectivity index (χ1) is 14.5. The summed E-state index contributed by atoms with van der Waals surface area (Å²) in [4.78, 5) is 0. The maximum absolute atomic E-state index is 13.5. The van der Waals surface area contributed by atoms with Crippen molar-refractivity contribution in [3.05, 3.63) is 89.3 Å². The van der Waals surface area contributed by atoms with Gasteiger partial charge >= 0.3 is 0 Å². The molecule has 30 heavy (non-hydrogen) atoms. The van der Waals surface area contributed by atoms with Crippen LogP contribution in [0.1, 0.15) is 18.1 Å². The Morgan fingerprint density at radius 2 is 1.70 bits per heavy atom. The summed E-state index contributed by atoms with van der Waals surface area (Å²) in [6.07, 6.45) is 4.43. The standard InChI is InChI=1S/C26H24FNO2/c1-16-12-21(16)22(13-18-6-4-5-7-24(18)28)19-14-23(17-8-10-20(27)11-9-17)26(30-3)25(15-19)29-2/h4-15,21H,28H2,1-3H3/p+1/b22-13-/t21-/m0/s1. The second kappa shape index (κ2) is 8.17. The van der Waals surface area contributed by atoms with Crippen molar-refractivity contribution >= 4 is 17.3 Å². The maximum atomic E-state index is 13.5. The largest absolute Gasteiger partial charge is 0.493 e. The van der Waals surface area contributed by atoms with Crippen molar-refractivity contribution in [2.75, 3.05) is 14.2 Å². The molecule has 0 heterocycles. The number of benzene rings is 3. The van der Waals surface area contributed by atoms with E-state index in [9.17, 15) is 4.39 Å². The van der Waals surface area contributed by atoms with Crippen LogP contribution in [0.2, 0.25) is 0 Å². The van der Waals surface area contributed by atoms with Crippen molar-refractivity contribution in [1.29, 1.82) is 0 Å². The monoisotopic (exact) mass is 402 g/mol. The van der Waals surface area contributed by atoms with Crippen LogP contribution in [0.15, 0.2) is 72.3 Å². The number of rotatable bonds is 6. The van der Waals surface area contributed by atoms with Gasteiger partial charge in [-0.25, -0.2) is 4.39 Å². The summed E-state index contributed by atoms with van der Waals surface area (Å²) in [7, 11) is 3.25. The number of methoxy groups -OCH3 is 2. The molecule has 1 atom stereocenters. The molecule has 152 valence electrons. The number of allylic oxidation sites excluding steroid dienone is 3. The Morgan fingerprint density at radius 1 is 1.00 bits per heavy atom. The van der Waals surface area contributed by atoms with E-state index >= 15 is 0 Å². The molecule has 0 radical (unpaired) electrons. The fourth-order valence-corrected chi connectivity index (χ4v) is 3.72. The molecule has 3 aromatic carbocycles. The van der Waals surface area contributed by atoms with Crippen LogP contribution in [-0.2, 0) is 0 Å². The van der Waals surface area contributed by atoms with Gasteiger partial charge in [0.1, 0.15) is 11.5 Å². The van der Waals surface area contributed by atoms with Crippen LogP contribution in [0, 0.1) is 11.7 Å². The van der Waals surface area contributed by atoms with Gasteiger partial charge in [-0.05, 0) is 66.1 Å². The van der Waals surface area contributed by atoms with E-state index in [2.05, 4.69) is 36.9 Å². The van der Waals surface area contributed by atoms with Gasteiger partial charge in [0.25, 0.3) is 0 Å². The van der Waals surface area contributed by atoms with Crippen LogP contribution >= 0.6 is 0 Å². The van der Waals surface area contributed by atoms with Gasteiger partial charge in [-0.2, -0.15) is 0 Å². The van der Waals surface area contributed by atoms with Gasteiger partial charge in [0.2, 0.25) is 0 Å². The van der Waals surface area contributed by atoms with Crippen molar-refractivity contribution in [3.63, 3.8) is 0 Å². The molecule has 0 fully saturated rings. The maximum Gasteiger partial charge on any atom is 0.168 e. The third-order valence-corrected chi connectivity index (χ3v) is 5.48. The molecule has 3 aromatic rings. The number of halogens is 1. The van der Waals surface area contributed by atoms with E-state index in [0.29, 0.717) is 11.5 Å². The van der Waals surface area contributed by atoms with E-state index in [4.69, 9.17) is 9.47 Å². The lowest BCUT2D eigenvalue weighted by molar-refractivity contribution is -0.255. The number of quaternary nitrogens is 1. The molecule has 1 aliphatic carbocycles. The first-order valence-electron chi connectivity index (χ1n) is 9.85. The molecule has 0 aliphatic heterocycles. The van der Waals surface area contributed by atoms with Crippen LogP contribution in [-0.4, -0.2) is 14.2 Å². The van der Waals surface area contributed by atoms with Crippen LogP contribution in [0.5, 0.6) is 11.5 Å². The average Bonchev–Trinajstić information content (AvgIpc) is 3.48. The SMILES string of the molecule is COc1cc(/C(=C/c2ccccc2[NH3+])[C@H]2C=C2C)cc(-c2ccc(F)cc2)c1OC. The van der Waals surface area contributed by atoms with Crippen LogP contribution in [0.4, 0.5) is 10.1 Å². The van der Waals surface area contributed by atoms with Crippen molar-refractivity contribution in [2.24, 2.45) is 5.92 Å². The Balaban J connectivity index is 1.90. The van der Waals surface area contributed by atoms with Crippen LogP contribution in [0.3, 0.4) is 0 Å². The third kappa shape index (κ3) is 3.87. The molecular formula is C26H25FNO2+. The predicted molar refractivity (Wildman–Crippen MR) is 119 cm³/mol. The zero-order valence-corrected chi connectivity index (χ0v) is 17.4. The Bertz CT molecular complexity index is 1150. The van der Waals surface area contributed by atoms with Crippen LogP contribution in [0.25, 0.3) is 22.8 Å². The van der Waals surface area contributed by atoms with E-state index in [1.807, 2.05) is 24.3 Å². The molecule has 0 bridgehead atoms. The van der Waals surface area contributed by atoms with E-state index in [1.165, 1.54) is 23.3 Å². The molecule has 0 aromatic heterocycles. The molecule has 0 spiro atoms. The van der Waals surface area contributed by atoms with Crippen LogP contribution < -0.4 is 15.2 Å².